The van der Waals surface area contributed by atoms with Crippen molar-refractivity contribution in [2.75, 3.05) is 0 Å². The summed E-state index contributed by atoms with van der Waals surface area (Å²) in [4.78, 5) is 14.6. The second-order valence-electron chi connectivity index (χ2n) is 6.52. The number of hydrogen-bond acceptors (Lipinski definition) is 3. The summed E-state index contributed by atoms with van der Waals surface area (Å²) in [6, 6.07) is 20.1. The van der Waals surface area contributed by atoms with Gasteiger partial charge in [0.15, 0.2) is 0 Å². The fraction of sp³-hybridized carbons (Fsp3) is 0.318. The molecule has 0 unspecified atom stereocenters. The van der Waals surface area contributed by atoms with Gasteiger partial charge in [-0.1, -0.05) is 0 Å². The van der Waals surface area contributed by atoms with Crippen molar-refractivity contribution >= 4 is 25.5 Å². The monoisotopic (exact) mass is 431 g/mol. The standard InChI is InChI=1S/C22H25NO3Se/c1-3-19-14-17(2)23(22(24)25-15-18-10-6-4-7-11-18)21(26-19)16-27-20-12-8-5-9-13-20/h3-13,17,19,21H,1,14-16H2,2H3/t17-,19-,21-/m0/s1. The second-order valence-corrected chi connectivity index (χ2v) is 8.82. The van der Waals surface area contributed by atoms with Crippen molar-refractivity contribution in [3.63, 3.8) is 0 Å². The van der Waals surface area contributed by atoms with Gasteiger partial charge in [-0.15, -0.1) is 0 Å². The maximum atomic E-state index is 12.8. The van der Waals surface area contributed by atoms with E-state index in [0.29, 0.717) is 0 Å². The van der Waals surface area contributed by atoms with Crippen molar-refractivity contribution in [2.24, 2.45) is 0 Å². The summed E-state index contributed by atoms with van der Waals surface area (Å²) in [5.74, 6) is 0. The van der Waals surface area contributed by atoms with Gasteiger partial charge in [-0.25, -0.2) is 0 Å². The van der Waals surface area contributed by atoms with E-state index in [0.717, 1.165) is 17.3 Å². The van der Waals surface area contributed by atoms with Crippen LogP contribution in [0.2, 0.25) is 5.32 Å². The first-order valence-corrected chi connectivity index (χ1v) is 11.2. The van der Waals surface area contributed by atoms with Crippen molar-refractivity contribution in [3.8, 4) is 0 Å². The summed E-state index contributed by atoms with van der Waals surface area (Å²) in [6.07, 6.45) is 1.92. The van der Waals surface area contributed by atoms with E-state index in [-0.39, 0.29) is 46.0 Å². The number of hydrogen-bond donors (Lipinski definition) is 0. The van der Waals surface area contributed by atoms with Crippen molar-refractivity contribution in [1.82, 2.24) is 4.90 Å². The van der Waals surface area contributed by atoms with Crippen molar-refractivity contribution in [2.45, 2.75) is 43.6 Å². The fourth-order valence-electron chi connectivity index (χ4n) is 3.10. The number of carbonyl (C=O) groups is 1. The third-order valence-corrected chi connectivity index (χ3v) is 6.72. The molecule has 3 atom stereocenters. The van der Waals surface area contributed by atoms with Crippen LogP contribution in [0.3, 0.4) is 0 Å². The Bertz CT molecular complexity index is 738. The molecule has 3 rings (SSSR count). The van der Waals surface area contributed by atoms with E-state index in [2.05, 4.69) is 18.7 Å². The van der Waals surface area contributed by atoms with Gasteiger partial charge in [0.2, 0.25) is 0 Å². The van der Waals surface area contributed by atoms with Gasteiger partial charge in [-0.2, -0.15) is 0 Å². The van der Waals surface area contributed by atoms with E-state index < -0.39 is 0 Å². The summed E-state index contributed by atoms with van der Waals surface area (Å²) in [7, 11) is 0. The molecule has 2 aromatic rings. The summed E-state index contributed by atoms with van der Waals surface area (Å²) >= 11 is 0.215. The number of nitrogens with zero attached hydrogens (tertiary/aromatic N) is 1. The van der Waals surface area contributed by atoms with Crippen molar-refractivity contribution in [3.05, 3.63) is 78.9 Å². The van der Waals surface area contributed by atoms with E-state index in [9.17, 15) is 4.79 Å². The van der Waals surface area contributed by atoms with E-state index in [1.807, 2.05) is 61.5 Å². The zero-order valence-corrected chi connectivity index (χ0v) is 17.2. The van der Waals surface area contributed by atoms with E-state index in [1.54, 1.807) is 4.90 Å². The van der Waals surface area contributed by atoms with Crippen molar-refractivity contribution in [1.29, 1.82) is 0 Å². The van der Waals surface area contributed by atoms with Crippen LogP contribution in [-0.2, 0) is 16.1 Å². The van der Waals surface area contributed by atoms with Gasteiger partial charge in [-0.3, -0.25) is 0 Å². The molecule has 0 radical (unpaired) electrons. The van der Waals surface area contributed by atoms with Gasteiger partial charge >= 0.3 is 167 Å². The molecule has 0 N–H and O–H groups in total. The Kier molecular flexibility index (Phi) is 7.11. The molecule has 27 heavy (non-hydrogen) atoms. The Hall–Kier alpha value is -2.07. The molecule has 5 heteroatoms. The first kappa shape index (κ1) is 19.7. The van der Waals surface area contributed by atoms with Crippen LogP contribution in [0, 0.1) is 0 Å². The molecule has 2 aromatic carbocycles. The SMILES string of the molecule is C=C[C@H]1C[C@H](C)N(C(=O)OCc2ccccc2)[C@H](C[Se]c2ccccc2)O1. The van der Waals surface area contributed by atoms with Gasteiger partial charge in [0.1, 0.15) is 0 Å². The van der Waals surface area contributed by atoms with Crippen LogP contribution < -0.4 is 4.46 Å². The third-order valence-electron chi connectivity index (χ3n) is 4.51. The Balaban J connectivity index is 1.66. The average Bonchev–Trinajstić information content (AvgIpc) is 2.71. The first-order valence-electron chi connectivity index (χ1n) is 9.12. The molecule has 0 aliphatic carbocycles. The van der Waals surface area contributed by atoms with Crippen LogP contribution in [0.25, 0.3) is 0 Å². The minimum absolute atomic E-state index is 0.0326. The molecule has 142 valence electrons. The number of amides is 1. The van der Waals surface area contributed by atoms with Gasteiger partial charge in [0.25, 0.3) is 0 Å². The molecule has 0 aromatic heterocycles. The molecule has 1 aliphatic heterocycles. The van der Waals surface area contributed by atoms with Gasteiger partial charge in [0.05, 0.1) is 0 Å². The fourth-order valence-corrected chi connectivity index (χ4v) is 5.04. The molecule has 1 aliphatic rings. The van der Waals surface area contributed by atoms with Crippen LogP contribution in [0.1, 0.15) is 18.9 Å². The summed E-state index contributed by atoms with van der Waals surface area (Å²) in [5.41, 5.74) is 0.977. The normalized spacial score (nSPS) is 22.3. The number of rotatable bonds is 6. The third kappa shape index (κ3) is 5.46. The summed E-state index contributed by atoms with van der Waals surface area (Å²) in [5, 5.41) is 0.784. The van der Waals surface area contributed by atoms with E-state index in [1.165, 1.54) is 4.46 Å². The molecule has 1 heterocycles. The molecule has 0 saturated carbocycles. The van der Waals surface area contributed by atoms with E-state index in [4.69, 9.17) is 9.47 Å². The number of ether oxygens (including phenoxy) is 2. The van der Waals surface area contributed by atoms with Crippen molar-refractivity contribution < 1.29 is 14.3 Å². The zero-order chi connectivity index (χ0) is 19.1. The molecular weight excluding hydrogens is 405 g/mol. The minimum atomic E-state index is -0.317. The molecule has 1 saturated heterocycles. The average molecular weight is 430 g/mol. The van der Waals surface area contributed by atoms with Gasteiger partial charge in [0, 0.05) is 0 Å². The molecule has 1 fully saturated rings. The molecule has 0 spiro atoms. The van der Waals surface area contributed by atoms with Crippen LogP contribution >= 0.6 is 0 Å². The van der Waals surface area contributed by atoms with Gasteiger partial charge in [-0.05, 0) is 0 Å². The second kappa shape index (κ2) is 9.75. The predicted octanol–water partition coefficient (Wildman–Crippen LogP) is 3.76. The van der Waals surface area contributed by atoms with E-state index >= 15 is 0 Å². The van der Waals surface area contributed by atoms with Gasteiger partial charge < -0.3 is 0 Å². The number of benzene rings is 2. The molecule has 0 bridgehead atoms. The van der Waals surface area contributed by atoms with Crippen LogP contribution in [-0.4, -0.2) is 44.3 Å². The van der Waals surface area contributed by atoms with Crippen LogP contribution in [0.15, 0.2) is 73.3 Å². The zero-order valence-electron chi connectivity index (χ0n) is 15.5. The van der Waals surface area contributed by atoms with Crippen LogP contribution in [0.4, 0.5) is 4.79 Å². The predicted molar refractivity (Wildman–Crippen MR) is 108 cm³/mol. The Morgan fingerprint density at radius 1 is 1.22 bits per heavy atom. The molecular formula is C22H25NO3Se. The summed E-state index contributed by atoms with van der Waals surface area (Å²) in [6.45, 7) is 6.18. The van der Waals surface area contributed by atoms with Crippen LogP contribution in [0.5, 0.6) is 0 Å². The molecule has 1 amide bonds. The molecule has 4 nitrogen and oxygen atoms in total. The quantitative estimate of drug-likeness (QED) is 0.518. The maximum absolute atomic E-state index is 12.8. The Morgan fingerprint density at radius 3 is 2.56 bits per heavy atom. The first-order chi connectivity index (χ1) is 13.2. The Morgan fingerprint density at radius 2 is 1.89 bits per heavy atom. The summed E-state index contributed by atoms with van der Waals surface area (Å²) < 4.78 is 13.0. The number of carbonyl (C=O) groups excluding carboxylic acids is 1. The topological polar surface area (TPSA) is 38.8 Å². The Labute approximate surface area is 167 Å².